The van der Waals surface area contributed by atoms with Crippen molar-refractivity contribution >= 4 is 18.4 Å². The molecule has 4 nitrogen and oxygen atoms in total. The lowest BCUT2D eigenvalue weighted by Crippen LogP contribution is -2.30. The SMILES string of the molecule is COC(=O)c1ccc(CNC2CCCCC2)o1.Cl. The molecule has 1 heterocycles. The predicted octanol–water partition coefficient (Wildman–Crippen LogP) is 2.91. The van der Waals surface area contributed by atoms with Crippen LogP contribution >= 0.6 is 12.4 Å². The molecular weight excluding hydrogens is 254 g/mol. The first-order valence-electron chi connectivity index (χ1n) is 6.20. The highest BCUT2D eigenvalue weighted by Gasteiger charge is 2.14. The Bertz CT molecular complexity index is 372. The minimum atomic E-state index is -0.422. The number of hydrogen-bond acceptors (Lipinski definition) is 4. The molecule has 1 N–H and O–H groups in total. The molecule has 0 bridgehead atoms. The average Bonchev–Trinajstić information content (AvgIpc) is 2.85. The van der Waals surface area contributed by atoms with E-state index in [0.29, 0.717) is 12.6 Å². The number of nitrogens with one attached hydrogen (secondary N) is 1. The highest BCUT2D eigenvalue weighted by atomic mass is 35.5. The summed E-state index contributed by atoms with van der Waals surface area (Å²) in [5, 5.41) is 3.46. The van der Waals surface area contributed by atoms with Crippen LogP contribution in [-0.4, -0.2) is 19.1 Å². The molecule has 1 aliphatic carbocycles. The van der Waals surface area contributed by atoms with Crippen molar-refractivity contribution in [2.75, 3.05) is 7.11 Å². The third-order valence-corrected chi connectivity index (χ3v) is 3.22. The van der Waals surface area contributed by atoms with Gasteiger partial charge in [-0.1, -0.05) is 19.3 Å². The molecule has 0 atom stereocenters. The van der Waals surface area contributed by atoms with Crippen molar-refractivity contribution in [2.45, 2.75) is 44.7 Å². The van der Waals surface area contributed by atoms with E-state index in [0.717, 1.165) is 5.76 Å². The lowest BCUT2D eigenvalue weighted by Gasteiger charge is -2.22. The van der Waals surface area contributed by atoms with Crippen molar-refractivity contribution in [3.8, 4) is 0 Å². The molecule has 1 aromatic heterocycles. The Hall–Kier alpha value is -1.00. The first kappa shape index (κ1) is 15.1. The first-order valence-corrected chi connectivity index (χ1v) is 6.20. The second-order valence-electron chi connectivity index (χ2n) is 4.47. The summed E-state index contributed by atoms with van der Waals surface area (Å²) in [7, 11) is 1.35. The van der Waals surface area contributed by atoms with E-state index in [2.05, 4.69) is 10.1 Å². The van der Waals surface area contributed by atoms with Gasteiger partial charge in [0.1, 0.15) is 5.76 Å². The number of halogens is 1. The average molecular weight is 274 g/mol. The van der Waals surface area contributed by atoms with Crippen LogP contribution in [0.25, 0.3) is 0 Å². The maximum atomic E-state index is 11.2. The summed E-state index contributed by atoms with van der Waals surface area (Å²) in [5.41, 5.74) is 0. The molecule has 0 saturated heterocycles. The molecule has 18 heavy (non-hydrogen) atoms. The zero-order valence-electron chi connectivity index (χ0n) is 10.6. The maximum absolute atomic E-state index is 11.2. The zero-order valence-corrected chi connectivity index (χ0v) is 11.4. The van der Waals surface area contributed by atoms with E-state index in [1.54, 1.807) is 6.07 Å². The van der Waals surface area contributed by atoms with E-state index in [9.17, 15) is 4.79 Å². The second kappa shape index (κ2) is 7.44. The van der Waals surface area contributed by atoms with Crippen molar-refractivity contribution in [2.24, 2.45) is 0 Å². The smallest absolute Gasteiger partial charge is 0.373 e. The van der Waals surface area contributed by atoms with Crippen LogP contribution in [0.15, 0.2) is 16.5 Å². The van der Waals surface area contributed by atoms with Gasteiger partial charge in [-0.2, -0.15) is 0 Å². The topological polar surface area (TPSA) is 51.5 Å². The normalized spacial score (nSPS) is 16.1. The Morgan fingerprint density at radius 1 is 1.39 bits per heavy atom. The van der Waals surface area contributed by atoms with Crippen molar-refractivity contribution < 1.29 is 13.9 Å². The quantitative estimate of drug-likeness (QED) is 0.857. The maximum Gasteiger partial charge on any atom is 0.373 e. The first-order chi connectivity index (χ1) is 8.29. The molecule has 0 unspecified atom stereocenters. The molecule has 102 valence electrons. The third kappa shape index (κ3) is 4.03. The second-order valence-corrected chi connectivity index (χ2v) is 4.47. The Morgan fingerprint density at radius 3 is 2.78 bits per heavy atom. The number of rotatable bonds is 4. The van der Waals surface area contributed by atoms with Gasteiger partial charge in [0.15, 0.2) is 0 Å². The lowest BCUT2D eigenvalue weighted by molar-refractivity contribution is 0.0562. The molecule has 1 saturated carbocycles. The summed E-state index contributed by atoms with van der Waals surface area (Å²) in [6.07, 6.45) is 6.45. The molecule has 0 aliphatic heterocycles. The lowest BCUT2D eigenvalue weighted by atomic mass is 9.95. The molecular formula is C13H20ClNO3. The van der Waals surface area contributed by atoms with Crippen molar-refractivity contribution in [3.63, 3.8) is 0 Å². The van der Waals surface area contributed by atoms with Crippen LogP contribution in [0.3, 0.4) is 0 Å². The van der Waals surface area contributed by atoms with Gasteiger partial charge in [-0.25, -0.2) is 4.79 Å². The number of carbonyl (C=O) groups is 1. The predicted molar refractivity (Wildman–Crippen MR) is 71.0 cm³/mol. The van der Waals surface area contributed by atoms with Crippen molar-refractivity contribution in [1.82, 2.24) is 5.32 Å². The summed E-state index contributed by atoms with van der Waals surface area (Å²) >= 11 is 0. The van der Waals surface area contributed by atoms with Gasteiger partial charge in [0, 0.05) is 6.04 Å². The number of carbonyl (C=O) groups excluding carboxylic acids is 1. The van der Waals surface area contributed by atoms with Crippen LogP contribution in [0.5, 0.6) is 0 Å². The molecule has 0 spiro atoms. The third-order valence-electron chi connectivity index (χ3n) is 3.22. The number of ether oxygens (including phenoxy) is 1. The van der Waals surface area contributed by atoms with Gasteiger partial charge in [0.2, 0.25) is 5.76 Å². The minimum Gasteiger partial charge on any atom is -0.463 e. The van der Waals surface area contributed by atoms with Crippen LogP contribution < -0.4 is 5.32 Å². The van der Waals surface area contributed by atoms with E-state index in [1.807, 2.05) is 6.07 Å². The molecule has 0 aromatic carbocycles. The fourth-order valence-corrected chi connectivity index (χ4v) is 2.23. The highest BCUT2D eigenvalue weighted by Crippen LogP contribution is 2.18. The van der Waals surface area contributed by atoms with Crippen molar-refractivity contribution in [1.29, 1.82) is 0 Å². The Morgan fingerprint density at radius 2 is 2.11 bits per heavy atom. The number of esters is 1. The van der Waals surface area contributed by atoms with Crippen LogP contribution in [0.4, 0.5) is 0 Å². The van der Waals surface area contributed by atoms with Crippen LogP contribution in [0.1, 0.15) is 48.4 Å². The van der Waals surface area contributed by atoms with Gasteiger partial charge >= 0.3 is 5.97 Å². The Labute approximate surface area is 113 Å². The summed E-state index contributed by atoms with van der Waals surface area (Å²) in [6, 6.07) is 4.07. The number of furan rings is 1. The fourth-order valence-electron chi connectivity index (χ4n) is 2.23. The van der Waals surface area contributed by atoms with E-state index in [1.165, 1.54) is 39.2 Å². The molecule has 2 rings (SSSR count). The van der Waals surface area contributed by atoms with E-state index in [4.69, 9.17) is 4.42 Å². The fraction of sp³-hybridized carbons (Fsp3) is 0.615. The van der Waals surface area contributed by atoms with E-state index < -0.39 is 5.97 Å². The molecule has 0 amide bonds. The summed E-state index contributed by atoms with van der Waals surface area (Å²) in [4.78, 5) is 11.2. The summed E-state index contributed by atoms with van der Waals surface area (Å²) in [6.45, 7) is 0.682. The Kier molecular flexibility index (Phi) is 6.22. The largest absolute Gasteiger partial charge is 0.463 e. The minimum absolute atomic E-state index is 0. The van der Waals surface area contributed by atoms with Crippen molar-refractivity contribution in [3.05, 3.63) is 23.7 Å². The van der Waals surface area contributed by atoms with Crippen LogP contribution in [0.2, 0.25) is 0 Å². The van der Waals surface area contributed by atoms with E-state index >= 15 is 0 Å². The molecule has 1 aliphatic rings. The van der Waals surface area contributed by atoms with Crippen LogP contribution in [-0.2, 0) is 11.3 Å². The van der Waals surface area contributed by atoms with Gasteiger partial charge in [0.05, 0.1) is 13.7 Å². The van der Waals surface area contributed by atoms with Gasteiger partial charge in [0.25, 0.3) is 0 Å². The highest BCUT2D eigenvalue weighted by molar-refractivity contribution is 5.86. The molecule has 1 fully saturated rings. The van der Waals surface area contributed by atoms with Gasteiger partial charge in [-0.3, -0.25) is 0 Å². The standard InChI is InChI=1S/C13H19NO3.ClH/c1-16-13(15)12-8-7-11(17-12)9-14-10-5-3-2-4-6-10;/h7-8,10,14H,2-6,9H2,1H3;1H. The molecule has 0 radical (unpaired) electrons. The molecule has 5 heteroatoms. The number of hydrogen-bond donors (Lipinski definition) is 1. The summed E-state index contributed by atoms with van der Waals surface area (Å²) < 4.78 is 9.98. The number of methoxy groups -OCH3 is 1. The van der Waals surface area contributed by atoms with E-state index in [-0.39, 0.29) is 18.2 Å². The van der Waals surface area contributed by atoms with Gasteiger partial charge in [-0.15, -0.1) is 12.4 Å². The van der Waals surface area contributed by atoms with Gasteiger partial charge in [-0.05, 0) is 25.0 Å². The Balaban J connectivity index is 0.00000162. The monoisotopic (exact) mass is 273 g/mol. The summed E-state index contributed by atoms with van der Waals surface area (Å²) in [5.74, 6) is 0.637. The molecule has 1 aromatic rings. The van der Waals surface area contributed by atoms with Gasteiger partial charge < -0.3 is 14.5 Å². The van der Waals surface area contributed by atoms with Crippen LogP contribution in [0, 0.1) is 0 Å². The zero-order chi connectivity index (χ0) is 12.1.